The van der Waals surface area contributed by atoms with Crippen molar-refractivity contribution in [1.82, 2.24) is 0 Å². The molecule has 2 aromatic carbocycles. The summed E-state index contributed by atoms with van der Waals surface area (Å²) in [7, 11) is 0. The molecule has 0 saturated heterocycles. The van der Waals surface area contributed by atoms with E-state index < -0.39 is 17.4 Å². The zero-order chi connectivity index (χ0) is 16.2. The maximum absolute atomic E-state index is 13.7. The first-order valence-electron chi connectivity index (χ1n) is 6.89. The van der Waals surface area contributed by atoms with Gasteiger partial charge in [-0.1, -0.05) is 37.3 Å². The second-order valence-electron chi connectivity index (χ2n) is 4.97. The quantitative estimate of drug-likeness (QED) is 0.860. The molecule has 116 valence electrons. The summed E-state index contributed by atoms with van der Waals surface area (Å²) in [5, 5.41) is 19.3. The summed E-state index contributed by atoms with van der Waals surface area (Å²) in [6.45, 7) is 1.74. The summed E-state index contributed by atoms with van der Waals surface area (Å²) >= 11 is 0. The van der Waals surface area contributed by atoms with Gasteiger partial charge in [-0.15, -0.1) is 0 Å². The summed E-state index contributed by atoms with van der Waals surface area (Å²) in [4.78, 5) is 11.2. The average molecular weight is 304 g/mol. The molecule has 4 nitrogen and oxygen atoms in total. The van der Waals surface area contributed by atoms with Crippen LogP contribution in [0.5, 0.6) is 5.75 Å². The molecule has 0 heterocycles. The Morgan fingerprint density at radius 3 is 2.50 bits per heavy atom. The van der Waals surface area contributed by atoms with E-state index in [0.717, 1.165) is 17.7 Å². The van der Waals surface area contributed by atoms with E-state index in [1.807, 2.05) is 30.3 Å². The largest absolute Gasteiger partial charge is 0.489 e. The summed E-state index contributed by atoms with van der Waals surface area (Å²) < 4.78 is 19.2. The normalized spacial score (nSPS) is 13.4. The fourth-order valence-electron chi connectivity index (χ4n) is 2.10. The van der Waals surface area contributed by atoms with Crippen LogP contribution in [0, 0.1) is 5.82 Å². The number of carboxylic acid groups (broad SMARTS) is 1. The predicted octanol–water partition coefficient (Wildman–Crippen LogP) is 3.09. The maximum atomic E-state index is 13.7. The van der Waals surface area contributed by atoms with Gasteiger partial charge in [-0.3, -0.25) is 0 Å². The van der Waals surface area contributed by atoms with Crippen molar-refractivity contribution >= 4 is 5.97 Å². The molecule has 2 rings (SSSR count). The smallest absolute Gasteiger partial charge is 0.340 e. The van der Waals surface area contributed by atoms with Crippen LogP contribution in [0.15, 0.2) is 48.5 Å². The summed E-state index contributed by atoms with van der Waals surface area (Å²) in [5.74, 6) is -1.91. The second kappa shape index (κ2) is 6.58. The van der Waals surface area contributed by atoms with E-state index in [4.69, 9.17) is 9.84 Å². The maximum Gasteiger partial charge on any atom is 0.340 e. The highest BCUT2D eigenvalue weighted by atomic mass is 19.1. The molecular weight excluding hydrogens is 287 g/mol. The first kappa shape index (κ1) is 16.0. The molecule has 0 unspecified atom stereocenters. The van der Waals surface area contributed by atoms with Gasteiger partial charge < -0.3 is 14.9 Å². The molecule has 5 heteroatoms. The molecule has 0 spiro atoms. The zero-order valence-corrected chi connectivity index (χ0v) is 12.1. The van der Waals surface area contributed by atoms with Gasteiger partial charge in [0.15, 0.2) is 5.60 Å². The third kappa shape index (κ3) is 3.43. The van der Waals surface area contributed by atoms with Gasteiger partial charge in [-0.05, 0) is 24.1 Å². The molecule has 22 heavy (non-hydrogen) atoms. The molecule has 0 aliphatic heterocycles. The van der Waals surface area contributed by atoms with Crippen LogP contribution in [0.25, 0.3) is 0 Å². The van der Waals surface area contributed by atoms with Gasteiger partial charge in [0.25, 0.3) is 0 Å². The molecule has 2 N–H and O–H groups in total. The van der Waals surface area contributed by atoms with Gasteiger partial charge in [0, 0.05) is 11.6 Å². The molecule has 0 saturated carbocycles. The molecule has 0 aromatic heterocycles. The summed E-state index contributed by atoms with van der Waals surface area (Å²) in [5.41, 5.74) is -1.27. The molecule has 0 fully saturated rings. The van der Waals surface area contributed by atoms with Crippen LogP contribution in [0.4, 0.5) is 4.39 Å². The summed E-state index contributed by atoms with van der Waals surface area (Å²) in [6, 6.07) is 12.8. The summed E-state index contributed by atoms with van der Waals surface area (Å²) in [6.07, 6.45) is -0.0795. The molecule has 0 amide bonds. The lowest BCUT2D eigenvalue weighted by atomic mass is 9.91. The molecule has 0 bridgehead atoms. The molecule has 0 aliphatic carbocycles. The Kier molecular flexibility index (Phi) is 4.78. The van der Waals surface area contributed by atoms with Crippen LogP contribution in [-0.4, -0.2) is 16.2 Å². The topological polar surface area (TPSA) is 66.8 Å². The molecular formula is C17H17FO4. The van der Waals surface area contributed by atoms with Crippen LogP contribution in [0.2, 0.25) is 0 Å². The van der Waals surface area contributed by atoms with E-state index >= 15 is 0 Å². The second-order valence-corrected chi connectivity index (χ2v) is 4.97. The molecule has 2 aromatic rings. The minimum Gasteiger partial charge on any atom is -0.489 e. The average Bonchev–Trinajstić information content (AvgIpc) is 2.52. The highest BCUT2D eigenvalue weighted by Crippen LogP contribution is 2.29. The van der Waals surface area contributed by atoms with Gasteiger partial charge in [-0.25, -0.2) is 9.18 Å². The number of aliphatic hydroxyl groups is 1. The molecule has 0 radical (unpaired) electrons. The van der Waals surface area contributed by atoms with Crippen molar-refractivity contribution in [2.75, 3.05) is 0 Å². The number of carbonyl (C=O) groups is 1. The van der Waals surface area contributed by atoms with Gasteiger partial charge in [0.1, 0.15) is 18.2 Å². The Morgan fingerprint density at radius 1 is 1.23 bits per heavy atom. The Hall–Kier alpha value is -2.40. The Bertz CT molecular complexity index is 657. The Labute approximate surface area is 127 Å². The van der Waals surface area contributed by atoms with Crippen LogP contribution >= 0.6 is 0 Å². The number of hydrogen-bond donors (Lipinski definition) is 2. The molecule has 0 aliphatic rings. The number of aliphatic carboxylic acids is 1. The van der Waals surface area contributed by atoms with Gasteiger partial charge in [-0.2, -0.15) is 0 Å². The van der Waals surface area contributed by atoms with E-state index in [9.17, 15) is 14.3 Å². The minimum absolute atomic E-state index is 0.0365. The van der Waals surface area contributed by atoms with Crippen LogP contribution in [0.1, 0.15) is 24.5 Å². The van der Waals surface area contributed by atoms with Crippen molar-refractivity contribution in [3.05, 3.63) is 65.5 Å². The fraction of sp³-hybridized carbons (Fsp3) is 0.235. The van der Waals surface area contributed by atoms with Crippen LogP contribution < -0.4 is 4.74 Å². The predicted molar refractivity (Wildman–Crippen MR) is 79.0 cm³/mol. The van der Waals surface area contributed by atoms with Gasteiger partial charge in [0.2, 0.25) is 0 Å². The third-order valence-corrected chi connectivity index (χ3v) is 3.46. The number of benzene rings is 2. The number of carboxylic acids is 1. The van der Waals surface area contributed by atoms with Crippen LogP contribution in [0.3, 0.4) is 0 Å². The van der Waals surface area contributed by atoms with E-state index in [1.165, 1.54) is 13.0 Å². The Balaban J connectivity index is 2.25. The first-order chi connectivity index (χ1) is 10.5. The molecule has 1 atom stereocenters. The highest BCUT2D eigenvalue weighted by Gasteiger charge is 2.36. The lowest BCUT2D eigenvalue weighted by Crippen LogP contribution is -2.34. The number of hydrogen-bond acceptors (Lipinski definition) is 3. The van der Waals surface area contributed by atoms with Crippen molar-refractivity contribution < 1.29 is 24.1 Å². The first-order valence-corrected chi connectivity index (χ1v) is 6.89. The number of rotatable bonds is 6. The fourth-order valence-corrected chi connectivity index (χ4v) is 2.10. The standard InChI is InChI=1S/C17H17FO4/c1-2-17(21,16(19)20)13-8-14(18)10-15(9-13)22-11-12-6-4-3-5-7-12/h3-10,21H,2,11H2,1H3,(H,19,20)/t17-/m1/s1. The van der Waals surface area contributed by atoms with Crippen molar-refractivity contribution in [3.8, 4) is 5.75 Å². The van der Waals surface area contributed by atoms with Crippen LogP contribution in [-0.2, 0) is 17.0 Å². The van der Waals surface area contributed by atoms with Crippen molar-refractivity contribution in [1.29, 1.82) is 0 Å². The van der Waals surface area contributed by atoms with E-state index in [-0.39, 0.29) is 24.3 Å². The van der Waals surface area contributed by atoms with E-state index in [1.54, 1.807) is 0 Å². The van der Waals surface area contributed by atoms with E-state index in [0.29, 0.717) is 0 Å². The lowest BCUT2D eigenvalue weighted by molar-refractivity contribution is -0.160. The van der Waals surface area contributed by atoms with Crippen molar-refractivity contribution in [2.24, 2.45) is 0 Å². The van der Waals surface area contributed by atoms with Crippen molar-refractivity contribution in [2.45, 2.75) is 25.6 Å². The van der Waals surface area contributed by atoms with Gasteiger partial charge >= 0.3 is 5.97 Å². The SMILES string of the molecule is CC[C@](O)(C(=O)O)c1cc(F)cc(OCc2ccccc2)c1. The third-order valence-electron chi connectivity index (χ3n) is 3.46. The lowest BCUT2D eigenvalue weighted by Gasteiger charge is -2.22. The highest BCUT2D eigenvalue weighted by molar-refractivity contribution is 5.79. The van der Waals surface area contributed by atoms with Gasteiger partial charge in [0.05, 0.1) is 0 Å². The number of halogens is 1. The monoisotopic (exact) mass is 304 g/mol. The Morgan fingerprint density at radius 2 is 1.91 bits per heavy atom. The van der Waals surface area contributed by atoms with Crippen molar-refractivity contribution in [3.63, 3.8) is 0 Å². The zero-order valence-electron chi connectivity index (χ0n) is 12.1. The number of ether oxygens (including phenoxy) is 1. The van der Waals surface area contributed by atoms with E-state index in [2.05, 4.69) is 0 Å². The minimum atomic E-state index is -2.13.